The summed E-state index contributed by atoms with van der Waals surface area (Å²) in [6.45, 7) is 1.72. The Labute approximate surface area is 105 Å². The van der Waals surface area contributed by atoms with Crippen molar-refractivity contribution in [2.75, 3.05) is 6.61 Å². The Morgan fingerprint density at radius 3 is 2.76 bits per heavy atom. The number of nitro benzene ring substituents is 1. The lowest BCUT2D eigenvalue weighted by Crippen LogP contribution is -2.08. The molecular weight excluding hydrogens is 292 g/mol. The molecule has 17 heavy (non-hydrogen) atoms. The summed E-state index contributed by atoms with van der Waals surface area (Å²) >= 11 is 3.06. The predicted octanol–water partition coefficient (Wildman–Crippen LogP) is 2.41. The Balaban J connectivity index is 3.39. The molecule has 1 aromatic carbocycles. The minimum Gasteiger partial charge on any atom is -0.462 e. The van der Waals surface area contributed by atoms with Crippen LogP contribution in [0.3, 0.4) is 0 Å². The quantitative estimate of drug-likeness (QED) is 0.485. The number of ether oxygens (including phenoxy) is 1. The smallest absolute Gasteiger partial charge is 0.345 e. The molecule has 0 N–H and O–H groups in total. The molecule has 0 saturated carbocycles. The van der Waals surface area contributed by atoms with Crippen molar-refractivity contribution in [3.8, 4) is 6.07 Å². The third-order valence-electron chi connectivity index (χ3n) is 1.90. The fourth-order valence-electron chi connectivity index (χ4n) is 1.17. The molecule has 0 aromatic heterocycles. The molecule has 0 saturated heterocycles. The monoisotopic (exact) mass is 298 g/mol. The third-order valence-corrected chi connectivity index (χ3v) is 2.55. The molecule has 0 aliphatic carbocycles. The zero-order valence-electron chi connectivity index (χ0n) is 8.77. The van der Waals surface area contributed by atoms with Crippen LogP contribution < -0.4 is 0 Å². The van der Waals surface area contributed by atoms with Gasteiger partial charge in [-0.1, -0.05) is 0 Å². The number of esters is 1. The van der Waals surface area contributed by atoms with Gasteiger partial charge in [0.25, 0.3) is 5.69 Å². The van der Waals surface area contributed by atoms with E-state index >= 15 is 0 Å². The maximum atomic E-state index is 11.5. The Morgan fingerprint density at radius 1 is 1.65 bits per heavy atom. The Morgan fingerprint density at radius 2 is 2.29 bits per heavy atom. The van der Waals surface area contributed by atoms with E-state index in [0.29, 0.717) is 4.47 Å². The Hall–Kier alpha value is -1.94. The molecule has 0 spiro atoms. The summed E-state index contributed by atoms with van der Waals surface area (Å²) in [5, 5.41) is 19.5. The van der Waals surface area contributed by atoms with Gasteiger partial charge in [-0.25, -0.2) is 4.79 Å². The molecule has 1 aromatic rings. The molecule has 0 bridgehead atoms. The fourth-order valence-corrected chi connectivity index (χ4v) is 1.60. The Kier molecular flexibility index (Phi) is 4.17. The third kappa shape index (κ3) is 2.79. The average Bonchev–Trinajstić information content (AvgIpc) is 2.28. The van der Waals surface area contributed by atoms with Gasteiger partial charge in [-0.05, 0) is 28.9 Å². The largest absolute Gasteiger partial charge is 0.462 e. The first-order valence-corrected chi connectivity index (χ1v) is 5.35. The van der Waals surface area contributed by atoms with Gasteiger partial charge in [0.05, 0.1) is 17.1 Å². The van der Waals surface area contributed by atoms with Crippen molar-refractivity contribution in [2.45, 2.75) is 6.92 Å². The molecule has 1 rings (SSSR count). The number of hydrogen-bond donors (Lipinski definition) is 0. The van der Waals surface area contributed by atoms with E-state index in [1.165, 1.54) is 6.07 Å². The number of benzene rings is 1. The maximum Gasteiger partial charge on any atom is 0.345 e. The van der Waals surface area contributed by atoms with Crippen molar-refractivity contribution in [1.82, 2.24) is 0 Å². The molecule has 0 aliphatic rings. The van der Waals surface area contributed by atoms with E-state index < -0.39 is 16.6 Å². The van der Waals surface area contributed by atoms with Gasteiger partial charge in [0, 0.05) is 10.5 Å². The standard InChI is InChI=1S/C10H7BrN2O4/c1-2-17-10(14)7-4-8(11)6(5-12)3-9(7)13(15)16/h3-4H,2H2,1H3. The lowest BCUT2D eigenvalue weighted by atomic mass is 10.1. The van der Waals surface area contributed by atoms with E-state index in [1.54, 1.807) is 13.0 Å². The van der Waals surface area contributed by atoms with Crippen LogP contribution in [0, 0.1) is 21.4 Å². The van der Waals surface area contributed by atoms with Crippen molar-refractivity contribution in [3.63, 3.8) is 0 Å². The zero-order valence-corrected chi connectivity index (χ0v) is 10.4. The van der Waals surface area contributed by atoms with Crippen molar-refractivity contribution in [1.29, 1.82) is 5.26 Å². The van der Waals surface area contributed by atoms with Crippen LogP contribution in [-0.4, -0.2) is 17.5 Å². The number of nitriles is 1. The minimum atomic E-state index is -0.788. The molecule has 0 atom stereocenters. The van der Waals surface area contributed by atoms with E-state index in [-0.39, 0.29) is 17.7 Å². The molecule has 7 heteroatoms. The first kappa shape index (κ1) is 13.1. The van der Waals surface area contributed by atoms with E-state index in [2.05, 4.69) is 15.9 Å². The van der Waals surface area contributed by atoms with Gasteiger partial charge >= 0.3 is 5.97 Å². The van der Waals surface area contributed by atoms with E-state index in [9.17, 15) is 14.9 Å². The van der Waals surface area contributed by atoms with Gasteiger partial charge in [-0.15, -0.1) is 0 Å². The molecule has 88 valence electrons. The molecule has 0 heterocycles. The molecule has 0 unspecified atom stereocenters. The van der Waals surface area contributed by atoms with Crippen LogP contribution in [0.25, 0.3) is 0 Å². The predicted molar refractivity (Wildman–Crippen MR) is 61.5 cm³/mol. The highest BCUT2D eigenvalue weighted by molar-refractivity contribution is 9.10. The minimum absolute atomic E-state index is 0.0877. The highest BCUT2D eigenvalue weighted by atomic mass is 79.9. The summed E-state index contributed by atoms with van der Waals surface area (Å²) in [7, 11) is 0. The molecule has 0 amide bonds. The molecule has 0 aliphatic heterocycles. The van der Waals surface area contributed by atoms with Crippen LogP contribution in [0.2, 0.25) is 0 Å². The first-order chi connectivity index (χ1) is 8.01. The summed E-state index contributed by atoms with van der Waals surface area (Å²) < 4.78 is 5.01. The van der Waals surface area contributed by atoms with Crippen LogP contribution in [0.15, 0.2) is 16.6 Å². The summed E-state index contributed by atoms with van der Waals surface area (Å²) in [5.74, 6) is -0.788. The number of halogens is 1. The lowest BCUT2D eigenvalue weighted by Gasteiger charge is -2.04. The van der Waals surface area contributed by atoms with Crippen molar-refractivity contribution in [3.05, 3.63) is 37.8 Å². The van der Waals surface area contributed by atoms with Crippen molar-refractivity contribution in [2.24, 2.45) is 0 Å². The zero-order chi connectivity index (χ0) is 13.0. The second-order valence-corrected chi connectivity index (χ2v) is 3.79. The van der Waals surface area contributed by atoms with Crippen molar-refractivity contribution >= 4 is 27.6 Å². The van der Waals surface area contributed by atoms with Gasteiger partial charge in [-0.2, -0.15) is 5.26 Å². The van der Waals surface area contributed by atoms with Crippen LogP contribution >= 0.6 is 15.9 Å². The van der Waals surface area contributed by atoms with Gasteiger partial charge in [-0.3, -0.25) is 10.1 Å². The summed E-state index contributed by atoms with van der Waals surface area (Å²) in [5.41, 5.74) is -0.532. The highest BCUT2D eigenvalue weighted by Gasteiger charge is 2.23. The van der Waals surface area contributed by atoms with E-state index in [0.717, 1.165) is 6.07 Å². The normalized spacial score (nSPS) is 9.47. The van der Waals surface area contributed by atoms with Crippen LogP contribution in [0.1, 0.15) is 22.8 Å². The molecular formula is C10H7BrN2O4. The first-order valence-electron chi connectivity index (χ1n) is 4.56. The lowest BCUT2D eigenvalue weighted by molar-refractivity contribution is -0.385. The average molecular weight is 299 g/mol. The topological polar surface area (TPSA) is 93.2 Å². The Bertz CT molecular complexity index is 522. The van der Waals surface area contributed by atoms with Gasteiger partial charge in [0.1, 0.15) is 11.6 Å². The summed E-state index contributed by atoms with van der Waals surface area (Å²) in [6, 6.07) is 4.04. The van der Waals surface area contributed by atoms with Crippen LogP contribution in [-0.2, 0) is 4.74 Å². The SMILES string of the molecule is CCOC(=O)c1cc(Br)c(C#N)cc1[N+](=O)[O-]. The number of carbonyl (C=O) groups is 1. The van der Waals surface area contributed by atoms with E-state index in [4.69, 9.17) is 10.00 Å². The number of carbonyl (C=O) groups excluding carboxylic acids is 1. The number of hydrogen-bond acceptors (Lipinski definition) is 5. The second kappa shape index (κ2) is 5.41. The van der Waals surface area contributed by atoms with Crippen LogP contribution in [0.4, 0.5) is 5.69 Å². The summed E-state index contributed by atoms with van der Waals surface area (Å²) in [4.78, 5) is 21.6. The van der Waals surface area contributed by atoms with Gasteiger partial charge in [0.2, 0.25) is 0 Å². The fraction of sp³-hybridized carbons (Fsp3) is 0.200. The molecule has 6 nitrogen and oxygen atoms in total. The van der Waals surface area contributed by atoms with Gasteiger partial charge < -0.3 is 4.74 Å². The highest BCUT2D eigenvalue weighted by Crippen LogP contribution is 2.27. The van der Waals surface area contributed by atoms with Crippen LogP contribution in [0.5, 0.6) is 0 Å². The van der Waals surface area contributed by atoms with Crippen molar-refractivity contribution < 1.29 is 14.5 Å². The number of nitrogens with zero attached hydrogens (tertiary/aromatic N) is 2. The van der Waals surface area contributed by atoms with Gasteiger partial charge in [0.15, 0.2) is 0 Å². The molecule has 0 fully saturated rings. The summed E-state index contributed by atoms with van der Waals surface area (Å²) in [6.07, 6.45) is 0. The molecule has 0 radical (unpaired) electrons. The maximum absolute atomic E-state index is 11.5. The second-order valence-electron chi connectivity index (χ2n) is 2.94. The van der Waals surface area contributed by atoms with E-state index in [1.807, 2.05) is 0 Å². The number of rotatable bonds is 3. The number of nitro groups is 1.